The Hall–Kier alpha value is -1.92. The summed E-state index contributed by atoms with van der Waals surface area (Å²) >= 11 is 0. The third-order valence-electron chi connectivity index (χ3n) is 2.81. The lowest BCUT2D eigenvalue weighted by atomic mass is 10.1. The molecule has 0 aliphatic heterocycles. The normalized spacial score (nSPS) is 11.5. The number of benzene rings is 1. The van der Waals surface area contributed by atoms with Crippen LogP contribution in [0.5, 0.6) is 0 Å². The number of nitrogen functional groups attached to an aromatic ring is 1. The van der Waals surface area contributed by atoms with Crippen molar-refractivity contribution in [1.29, 1.82) is 0 Å². The molecule has 19 heavy (non-hydrogen) atoms. The summed E-state index contributed by atoms with van der Waals surface area (Å²) in [5.74, 6) is 0.396. The first-order chi connectivity index (χ1) is 8.91. The Morgan fingerprint density at radius 3 is 2.21 bits per heavy atom. The molecule has 0 atom stereocenters. The molecule has 1 heterocycles. The Morgan fingerprint density at radius 1 is 1.11 bits per heavy atom. The number of nitrogens with zero attached hydrogens (tertiary/aromatic N) is 1. The first-order valence-electron chi connectivity index (χ1n) is 5.68. The molecule has 0 saturated heterocycles. The summed E-state index contributed by atoms with van der Waals surface area (Å²) in [7, 11) is -3.18. The third kappa shape index (κ3) is 2.91. The summed E-state index contributed by atoms with van der Waals surface area (Å²) in [6.45, 7) is 0.339. The van der Waals surface area contributed by atoms with Crippen LogP contribution >= 0.6 is 0 Å². The highest BCUT2D eigenvalue weighted by Crippen LogP contribution is 2.21. The van der Waals surface area contributed by atoms with Crippen molar-refractivity contribution in [3.8, 4) is 11.3 Å². The number of nitrogens with two attached hydrogens (primary N) is 2. The minimum absolute atomic E-state index is 0.280. The van der Waals surface area contributed by atoms with E-state index in [1.807, 2.05) is 12.1 Å². The van der Waals surface area contributed by atoms with Gasteiger partial charge in [0.05, 0.1) is 10.6 Å². The lowest BCUT2D eigenvalue weighted by Crippen LogP contribution is -2.04. The Balaban J connectivity index is 2.40. The first-order valence-corrected chi connectivity index (χ1v) is 7.57. The number of pyridine rings is 1. The number of aromatic nitrogens is 1. The number of hydrogen-bond donors (Lipinski definition) is 2. The average molecular weight is 277 g/mol. The van der Waals surface area contributed by atoms with Crippen LogP contribution < -0.4 is 11.5 Å². The van der Waals surface area contributed by atoms with Gasteiger partial charge in [-0.2, -0.15) is 0 Å². The van der Waals surface area contributed by atoms with Crippen molar-refractivity contribution < 1.29 is 8.42 Å². The molecule has 0 amide bonds. The van der Waals surface area contributed by atoms with Crippen molar-refractivity contribution in [3.63, 3.8) is 0 Å². The molecule has 0 aliphatic carbocycles. The fourth-order valence-corrected chi connectivity index (χ4v) is 2.34. The third-order valence-corrected chi connectivity index (χ3v) is 3.94. The van der Waals surface area contributed by atoms with Gasteiger partial charge in [-0.3, -0.25) is 0 Å². The topological polar surface area (TPSA) is 99.1 Å². The summed E-state index contributed by atoms with van der Waals surface area (Å²) < 4.78 is 22.7. The second-order valence-corrected chi connectivity index (χ2v) is 6.26. The molecule has 0 radical (unpaired) electrons. The van der Waals surface area contributed by atoms with Crippen LogP contribution in [0.4, 0.5) is 5.82 Å². The second kappa shape index (κ2) is 4.99. The maximum atomic E-state index is 11.4. The maximum absolute atomic E-state index is 11.4. The van der Waals surface area contributed by atoms with E-state index in [2.05, 4.69) is 4.98 Å². The molecule has 2 aromatic rings. The van der Waals surface area contributed by atoms with E-state index in [0.717, 1.165) is 11.1 Å². The number of sulfone groups is 1. The van der Waals surface area contributed by atoms with Crippen molar-refractivity contribution in [1.82, 2.24) is 4.98 Å². The zero-order chi connectivity index (χ0) is 14.0. The standard InChI is InChI=1S/C13H15N3O2S/c1-19(17,18)11-5-2-9(3-6-11)12-7-4-10(8-14)13(15)16-12/h2-7H,8,14H2,1H3,(H2,15,16). The average Bonchev–Trinajstić information content (AvgIpc) is 2.38. The van der Waals surface area contributed by atoms with Gasteiger partial charge in [0.1, 0.15) is 5.82 Å². The number of anilines is 1. The van der Waals surface area contributed by atoms with Gasteiger partial charge in [0.2, 0.25) is 0 Å². The molecule has 6 heteroatoms. The minimum Gasteiger partial charge on any atom is -0.383 e. The summed E-state index contributed by atoms with van der Waals surface area (Å²) in [5, 5.41) is 0. The maximum Gasteiger partial charge on any atom is 0.175 e. The zero-order valence-corrected chi connectivity index (χ0v) is 11.3. The number of hydrogen-bond acceptors (Lipinski definition) is 5. The van der Waals surface area contributed by atoms with E-state index in [0.29, 0.717) is 18.1 Å². The van der Waals surface area contributed by atoms with Gasteiger partial charge in [-0.1, -0.05) is 18.2 Å². The van der Waals surface area contributed by atoms with Gasteiger partial charge in [0.25, 0.3) is 0 Å². The molecule has 1 aromatic carbocycles. The molecule has 0 spiro atoms. The molecule has 100 valence electrons. The SMILES string of the molecule is CS(=O)(=O)c1ccc(-c2ccc(CN)c(N)n2)cc1. The molecule has 2 rings (SSSR count). The fraction of sp³-hybridized carbons (Fsp3) is 0.154. The molecule has 0 bridgehead atoms. The van der Waals surface area contributed by atoms with Crippen LogP contribution in [-0.2, 0) is 16.4 Å². The van der Waals surface area contributed by atoms with Crippen molar-refractivity contribution >= 4 is 15.7 Å². The van der Waals surface area contributed by atoms with Gasteiger partial charge < -0.3 is 11.5 Å². The van der Waals surface area contributed by atoms with E-state index in [1.165, 1.54) is 6.26 Å². The van der Waals surface area contributed by atoms with Crippen molar-refractivity contribution in [2.75, 3.05) is 12.0 Å². The quantitative estimate of drug-likeness (QED) is 0.878. The second-order valence-electron chi connectivity index (χ2n) is 4.24. The lowest BCUT2D eigenvalue weighted by molar-refractivity contribution is 0.602. The molecule has 4 N–H and O–H groups in total. The van der Waals surface area contributed by atoms with Gasteiger partial charge in [0.15, 0.2) is 9.84 Å². The predicted octanol–water partition coefficient (Wildman–Crippen LogP) is 1.19. The Labute approximate surface area is 112 Å². The molecular weight excluding hydrogens is 262 g/mol. The fourth-order valence-electron chi connectivity index (χ4n) is 1.71. The van der Waals surface area contributed by atoms with Crippen LogP contribution in [0.1, 0.15) is 5.56 Å². The van der Waals surface area contributed by atoms with Crippen LogP contribution in [0, 0.1) is 0 Å². The van der Waals surface area contributed by atoms with Crippen molar-refractivity contribution in [3.05, 3.63) is 42.0 Å². The summed E-state index contributed by atoms with van der Waals surface area (Å²) in [5.41, 5.74) is 13.6. The predicted molar refractivity (Wildman–Crippen MR) is 75.1 cm³/mol. The van der Waals surface area contributed by atoms with Gasteiger partial charge >= 0.3 is 0 Å². The van der Waals surface area contributed by atoms with Gasteiger partial charge in [-0.05, 0) is 18.2 Å². The highest BCUT2D eigenvalue weighted by molar-refractivity contribution is 7.90. The van der Waals surface area contributed by atoms with E-state index in [1.54, 1.807) is 24.3 Å². The molecule has 0 unspecified atom stereocenters. The Kier molecular flexibility index (Phi) is 3.55. The highest BCUT2D eigenvalue weighted by Gasteiger charge is 2.08. The largest absolute Gasteiger partial charge is 0.383 e. The molecule has 1 aromatic heterocycles. The van der Waals surface area contributed by atoms with Crippen LogP contribution in [0.3, 0.4) is 0 Å². The monoisotopic (exact) mass is 277 g/mol. The molecule has 0 saturated carbocycles. The molecule has 5 nitrogen and oxygen atoms in total. The Morgan fingerprint density at radius 2 is 1.74 bits per heavy atom. The van der Waals surface area contributed by atoms with Gasteiger partial charge in [0, 0.05) is 23.9 Å². The van der Waals surface area contributed by atoms with Gasteiger partial charge in [-0.25, -0.2) is 13.4 Å². The first kappa shape index (κ1) is 13.5. The van der Waals surface area contributed by atoms with Gasteiger partial charge in [-0.15, -0.1) is 0 Å². The van der Waals surface area contributed by atoms with E-state index in [4.69, 9.17) is 11.5 Å². The zero-order valence-electron chi connectivity index (χ0n) is 10.5. The van der Waals surface area contributed by atoms with Crippen molar-refractivity contribution in [2.24, 2.45) is 5.73 Å². The smallest absolute Gasteiger partial charge is 0.175 e. The molecule has 0 aliphatic rings. The lowest BCUT2D eigenvalue weighted by Gasteiger charge is -2.06. The molecular formula is C13H15N3O2S. The van der Waals surface area contributed by atoms with Crippen LogP contribution in [0.25, 0.3) is 11.3 Å². The summed E-state index contributed by atoms with van der Waals surface area (Å²) in [6, 6.07) is 10.2. The summed E-state index contributed by atoms with van der Waals surface area (Å²) in [4.78, 5) is 4.53. The van der Waals surface area contributed by atoms with E-state index < -0.39 is 9.84 Å². The molecule has 0 fully saturated rings. The highest BCUT2D eigenvalue weighted by atomic mass is 32.2. The minimum atomic E-state index is -3.18. The van der Waals surface area contributed by atoms with Crippen LogP contribution in [0.2, 0.25) is 0 Å². The summed E-state index contributed by atoms with van der Waals surface area (Å²) in [6.07, 6.45) is 1.17. The van der Waals surface area contributed by atoms with Crippen LogP contribution in [-0.4, -0.2) is 19.7 Å². The van der Waals surface area contributed by atoms with Crippen molar-refractivity contribution in [2.45, 2.75) is 11.4 Å². The van der Waals surface area contributed by atoms with E-state index in [-0.39, 0.29) is 4.90 Å². The van der Waals surface area contributed by atoms with E-state index >= 15 is 0 Å². The number of rotatable bonds is 3. The van der Waals surface area contributed by atoms with E-state index in [9.17, 15) is 8.42 Å². The Bertz CT molecular complexity index is 694. The van der Waals surface area contributed by atoms with Crippen LogP contribution in [0.15, 0.2) is 41.3 Å².